The van der Waals surface area contributed by atoms with E-state index in [1.54, 1.807) is 7.11 Å². The maximum absolute atomic E-state index is 9.30. The lowest BCUT2D eigenvalue weighted by Gasteiger charge is -2.41. The molecule has 2 atom stereocenters. The predicted octanol–water partition coefficient (Wildman–Crippen LogP) is 0.526. The third-order valence-electron chi connectivity index (χ3n) is 3.02. The molecule has 1 rings (SSSR count). The van der Waals surface area contributed by atoms with Crippen molar-refractivity contribution in [1.82, 2.24) is 5.32 Å². The van der Waals surface area contributed by atoms with E-state index >= 15 is 0 Å². The Bertz CT molecular complexity index is 134. The number of rotatable bonds is 3. The van der Waals surface area contributed by atoms with Crippen LogP contribution in [0.25, 0.3) is 0 Å². The third-order valence-corrected chi connectivity index (χ3v) is 3.02. The van der Waals surface area contributed by atoms with Crippen LogP contribution in [0.5, 0.6) is 0 Å². The topological polar surface area (TPSA) is 41.5 Å². The van der Waals surface area contributed by atoms with Gasteiger partial charge in [0.15, 0.2) is 0 Å². The van der Waals surface area contributed by atoms with Crippen molar-refractivity contribution in [2.24, 2.45) is 0 Å². The fourth-order valence-corrected chi connectivity index (χ4v) is 2.10. The van der Waals surface area contributed by atoms with Crippen LogP contribution in [-0.4, -0.2) is 37.5 Å². The first-order valence-corrected chi connectivity index (χ1v) is 4.61. The SMILES string of the molecule is CNC1(CO)CCCCC1OC. The number of ether oxygens (including phenoxy) is 1. The normalized spacial score (nSPS) is 36.8. The summed E-state index contributed by atoms with van der Waals surface area (Å²) in [7, 11) is 3.62. The Morgan fingerprint density at radius 2 is 2.33 bits per heavy atom. The summed E-state index contributed by atoms with van der Waals surface area (Å²) in [6.45, 7) is 0.169. The molecule has 0 heterocycles. The zero-order valence-corrected chi connectivity index (χ0v) is 7.97. The number of hydrogen-bond acceptors (Lipinski definition) is 3. The van der Waals surface area contributed by atoms with Gasteiger partial charge < -0.3 is 15.2 Å². The molecule has 2 unspecified atom stereocenters. The summed E-state index contributed by atoms with van der Waals surface area (Å²) >= 11 is 0. The Hall–Kier alpha value is -0.120. The molecular formula is C9H19NO2. The summed E-state index contributed by atoms with van der Waals surface area (Å²) in [5, 5.41) is 12.5. The van der Waals surface area contributed by atoms with Crippen molar-refractivity contribution >= 4 is 0 Å². The average Bonchev–Trinajstić information content (AvgIpc) is 2.17. The molecule has 12 heavy (non-hydrogen) atoms. The van der Waals surface area contributed by atoms with Crippen LogP contribution in [0.3, 0.4) is 0 Å². The van der Waals surface area contributed by atoms with Gasteiger partial charge in [0.2, 0.25) is 0 Å². The number of aliphatic hydroxyl groups is 1. The summed E-state index contributed by atoms with van der Waals surface area (Å²) in [4.78, 5) is 0. The van der Waals surface area contributed by atoms with E-state index < -0.39 is 0 Å². The molecule has 0 spiro atoms. The minimum absolute atomic E-state index is 0.168. The van der Waals surface area contributed by atoms with Crippen LogP contribution < -0.4 is 5.32 Å². The molecule has 3 heteroatoms. The zero-order valence-electron chi connectivity index (χ0n) is 7.97. The van der Waals surface area contributed by atoms with Gasteiger partial charge in [0, 0.05) is 7.11 Å². The van der Waals surface area contributed by atoms with Gasteiger partial charge >= 0.3 is 0 Å². The van der Waals surface area contributed by atoms with Gasteiger partial charge in [-0.25, -0.2) is 0 Å². The quantitative estimate of drug-likeness (QED) is 0.654. The van der Waals surface area contributed by atoms with Crippen LogP contribution in [0.1, 0.15) is 25.7 Å². The van der Waals surface area contributed by atoms with Crippen molar-refractivity contribution in [2.45, 2.75) is 37.3 Å². The first-order chi connectivity index (χ1) is 5.79. The van der Waals surface area contributed by atoms with Crippen molar-refractivity contribution in [2.75, 3.05) is 20.8 Å². The van der Waals surface area contributed by atoms with E-state index in [-0.39, 0.29) is 18.2 Å². The Kier molecular flexibility index (Phi) is 3.50. The smallest absolute Gasteiger partial charge is 0.0775 e. The van der Waals surface area contributed by atoms with Gasteiger partial charge in [-0.15, -0.1) is 0 Å². The van der Waals surface area contributed by atoms with Crippen LogP contribution in [0.4, 0.5) is 0 Å². The molecule has 0 aromatic carbocycles. The van der Waals surface area contributed by atoms with Crippen molar-refractivity contribution in [3.63, 3.8) is 0 Å². The van der Waals surface area contributed by atoms with E-state index in [9.17, 15) is 5.11 Å². The van der Waals surface area contributed by atoms with E-state index in [2.05, 4.69) is 5.32 Å². The molecule has 0 bridgehead atoms. The molecule has 0 radical (unpaired) electrons. The predicted molar refractivity (Wildman–Crippen MR) is 48.1 cm³/mol. The van der Waals surface area contributed by atoms with Gasteiger partial charge in [-0.05, 0) is 19.9 Å². The van der Waals surface area contributed by atoms with Gasteiger partial charge in [-0.2, -0.15) is 0 Å². The van der Waals surface area contributed by atoms with Gasteiger partial charge in [-0.1, -0.05) is 12.8 Å². The van der Waals surface area contributed by atoms with E-state index in [0.29, 0.717) is 0 Å². The lowest BCUT2D eigenvalue weighted by atomic mass is 9.80. The highest BCUT2D eigenvalue weighted by molar-refractivity contribution is 4.96. The molecule has 1 aliphatic rings. The van der Waals surface area contributed by atoms with Crippen molar-refractivity contribution in [3.8, 4) is 0 Å². The summed E-state index contributed by atoms with van der Waals surface area (Å²) in [5.41, 5.74) is -0.187. The van der Waals surface area contributed by atoms with Gasteiger partial charge in [0.25, 0.3) is 0 Å². The highest BCUT2D eigenvalue weighted by atomic mass is 16.5. The summed E-state index contributed by atoms with van der Waals surface area (Å²) < 4.78 is 5.37. The molecule has 1 saturated carbocycles. The van der Waals surface area contributed by atoms with Crippen LogP contribution in [-0.2, 0) is 4.74 Å². The van der Waals surface area contributed by atoms with E-state index in [0.717, 1.165) is 12.8 Å². The van der Waals surface area contributed by atoms with Crippen molar-refractivity contribution in [1.29, 1.82) is 0 Å². The highest BCUT2D eigenvalue weighted by Crippen LogP contribution is 2.29. The van der Waals surface area contributed by atoms with Gasteiger partial charge in [0.1, 0.15) is 0 Å². The highest BCUT2D eigenvalue weighted by Gasteiger charge is 2.39. The van der Waals surface area contributed by atoms with E-state index in [1.165, 1.54) is 12.8 Å². The number of aliphatic hydroxyl groups excluding tert-OH is 1. The van der Waals surface area contributed by atoms with Crippen LogP contribution in [0, 0.1) is 0 Å². The standard InChI is InChI=1S/C9H19NO2/c1-10-9(7-11)6-4-3-5-8(9)12-2/h8,10-11H,3-7H2,1-2H3. The first-order valence-electron chi connectivity index (χ1n) is 4.61. The Balaban J connectivity index is 2.66. The number of methoxy groups -OCH3 is 1. The molecule has 2 N–H and O–H groups in total. The number of hydrogen-bond donors (Lipinski definition) is 2. The molecule has 3 nitrogen and oxygen atoms in total. The Morgan fingerprint density at radius 1 is 1.58 bits per heavy atom. The first kappa shape index (κ1) is 9.96. The van der Waals surface area contributed by atoms with Crippen LogP contribution in [0.2, 0.25) is 0 Å². The lowest BCUT2D eigenvalue weighted by Crippen LogP contribution is -2.58. The minimum atomic E-state index is -0.187. The van der Waals surface area contributed by atoms with E-state index in [1.807, 2.05) is 7.05 Å². The second kappa shape index (κ2) is 4.21. The lowest BCUT2D eigenvalue weighted by molar-refractivity contribution is -0.0345. The van der Waals surface area contributed by atoms with Gasteiger partial charge in [-0.3, -0.25) is 0 Å². The van der Waals surface area contributed by atoms with E-state index in [4.69, 9.17) is 4.74 Å². The van der Waals surface area contributed by atoms with Crippen molar-refractivity contribution in [3.05, 3.63) is 0 Å². The molecule has 1 fully saturated rings. The fraction of sp³-hybridized carbons (Fsp3) is 1.00. The van der Waals surface area contributed by atoms with Crippen LogP contribution >= 0.6 is 0 Å². The fourth-order valence-electron chi connectivity index (χ4n) is 2.10. The third kappa shape index (κ3) is 1.63. The monoisotopic (exact) mass is 173 g/mol. The Morgan fingerprint density at radius 3 is 2.75 bits per heavy atom. The molecule has 72 valence electrons. The molecule has 0 saturated heterocycles. The maximum atomic E-state index is 9.30. The Labute approximate surface area is 74.1 Å². The number of likely N-dealkylation sites (N-methyl/N-ethyl adjacent to an activating group) is 1. The molecule has 0 aromatic rings. The second-order valence-electron chi connectivity index (χ2n) is 3.53. The summed E-state index contributed by atoms with van der Waals surface area (Å²) in [6, 6.07) is 0. The molecule has 0 aliphatic heterocycles. The largest absolute Gasteiger partial charge is 0.394 e. The van der Waals surface area contributed by atoms with Crippen LogP contribution in [0.15, 0.2) is 0 Å². The minimum Gasteiger partial charge on any atom is -0.394 e. The molecular weight excluding hydrogens is 154 g/mol. The summed E-state index contributed by atoms with van der Waals surface area (Å²) in [5.74, 6) is 0. The van der Waals surface area contributed by atoms with Crippen molar-refractivity contribution < 1.29 is 9.84 Å². The zero-order chi connectivity index (χ0) is 9.03. The van der Waals surface area contributed by atoms with Gasteiger partial charge in [0.05, 0.1) is 18.2 Å². The number of nitrogens with one attached hydrogen (secondary N) is 1. The molecule has 1 aliphatic carbocycles. The molecule has 0 aromatic heterocycles. The second-order valence-corrected chi connectivity index (χ2v) is 3.53. The summed E-state index contributed by atoms with van der Waals surface area (Å²) in [6.07, 6.45) is 4.63. The molecule has 0 amide bonds. The maximum Gasteiger partial charge on any atom is 0.0775 e. The average molecular weight is 173 g/mol.